The van der Waals surface area contributed by atoms with E-state index < -0.39 is 5.97 Å². The number of carbonyl (C=O) groups excluding carboxylic acids is 1. The van der Waals surface area contributed by atoms with Crippen LogP contribution in [0.4, 0.5) is 11.5 Å². The molecular formula is C14H22N4O2. The number of nitrogens with two attached hydrogens (primary N) is 1. The molecular weight excluding hydrogens is 256 g/mol. The predicted octanol–water partition coefficient (Wildman–Crippen LogP) is 0.981. The van der Waals surface area contributed by atoms with Gasteiger partial charge in [-0.15, -0.1) is 0 Å². The summed E-state index contributed by atoms with van der Waals surface area (Å²) < 4.78 is 4.74. The Morgan fingerprint density at radius 2 is 2.35 bits per heavy atom. The van der Waals surface area contributed by atoms with Crippen molar-refractivity contribution in [1.29, 1.82) is 0 Å². The molecule has 0 spiro atoms. The Kier molecular flexibility index (Phi) is 4.44. The molecule has 1 fully saturated rings. The van der Waals surface area contributed by atoms with Gasteiger partial charge in [-0.3, -0.25) is 0 Å². The van der Waals surface area contributed by atoms with E-state index in [4.69, 9.17) is 10.5 Å². The van der Waals surface area contributed by atoms with Crippen LogP contribution in [-0.4, -0.2) is 56.2 Å². The minimum atomic E-state index is -0.430. The minimum absolute atomic E-state index is 0.342. The zero-order valence-electron chi connectivity index (χ0n) is 12.3. The standard InChI is InChI=1S/C14H22N4O2/c1-17-6-4-5-10(9-17)18(2)13-7-11(14(19)20-3)12(15)8-16-13/h7-8,10H,4-6,9,15H2,1-3H3. The van der Waals surface area contributed by atoms with Crippen LogP contribution in [0, 0.1) is 0 Å². The third-order valence-electron chi connectivity index (χ3n) is 3.83. The van der Waals surface area contributed by atoms with Gasteiger partial charge >= 0.3 is 5.97 Å². The summed E-state index contributed by atoms with van der Waals surface area (Å²) in [6, 6.07) is 2.10. The number of rotatable bonds is 3. The maximum atomic E-state index is 11.7. The first kappa shape index (κ1) is 14.6. The summed E-state index contributed by atoms with van der Waals surface area (Å²) >= 11 is 0. The zero-order chi connectivity index (χ0) is 14.7. The Labute approximate surface area is 119 Å². The molecule has 1 aliphatic heterocycles. The molecule has 1 unspecified atom stereocenters. The lowest BCUT2D eigenvalue weighted by atomic mass is 10.0. The van der Waals surface area contributed by atoms with E-state index in [0.29, 0.717) is 17.3 Å². The van der Waals surface area contributed by atoms with Crippen LogP contribution in [0.5, 0.6) is 0 Å². The van der Waals surface area contributed by atoms with Crippen molar-refractivity contribution in [3.63, 3.8) is 0 Å². The number of hydrogen-bond acceptors (Lipinski definition) is 6. The summed E-state index contributed by atoms with van der Waals surface area (Å²) in [5.74, 6) is 0.320. The highest BCUT2D eigenvalue weighted by Crippen LogP contribution is 2.22. The molecule has 6 nitrogen and oxygen atoms in total. The number of carbonyl (C=O) groups is 1. The number of likely N-dealkylation sites (N-methyl/N-ethyl adjacent to an activating group) is 2. The van der Waals surface area contributed by atoms with E-state index in [1.54, 1.807) is 6.07 Å². The van der Waals surface area contributed by atoms with Crippen LogP contribution in [0.1, 0.15) is 23.2 Å². The molecule has 2 rings (SSSR count). The van der Waals surface area contributed by atoms with Crippen molar-refractivity contribution < 1.29 is 9.53 Å². The molecule has 0 radical (unpaired) electrons. The lowest BCUT2D eigenvalue weighted by Crippen LogP contribution is -2.45. The van der Waals surface area contributed by atoms with Crippen molar-refractivity contribution in [3.05, 3.63) is 17.8 Å². The third-order valence-corrected chi connectivity index (χ3v) is 3.83. The van der Waals surface area contributed by atoms with Crippen molar-refractivity contribution in [1.82, 2.24) is 9.88 Å². The van der Waals surface area contributed by atoms with Gasteiger partial charge in [-0.1, -0.05) is 0 Å². The van der Waals surface area contributed by atoms with Gasteiger partial charge in [0.1, 0.15) is 5.82 Å². The molecule has 1 aromatic heterocycles. The van der Waals surface area contributed by atoms with Crippen molar-refractivity contribution in [3.8, 4) is 0 Å². The van der Waals surface area contributed by atoms with Crippen molar-refractivity contribution in [2.75, 3.05) is 44.9 Å². The van der Waals surface area contributed by atoms with E-state index in [0.717, 1.165) is 25.3 Å². The Morgan fingerprint density at radius 1 is 1.60 bits per heavy atom. The zero-order valence-corrected chi connectivity index (χ0v) is 12.3. The fraction of sp³-hybridized carbons (Fsp3) is 0.571. The number of anilines is 2. The van der Waals surface area contributed by atoms with Crippen LogP contribution < -0.4 is 10.6 Å². The van der Waals surface area contributed by atoms with E-state index in [1.807, 2.05) is 7.05 Å². The van der Waals surface area contributed by atoms with E-state index in [2.05, 4.69) is 21.8 Å². The van der Waals surface area contributed by atoms with Gasteiger partial charge < -0.3 is 20.3 Å². The van der Waals surface area contributed by atoms with Crippen molar-refractivity contribution in [2.45, 2.75) is 18.9 Å². The Hall–Kier alpha value is -1.82. The summed E-state index contributed by atoms with van der Waals surface area (Å²) in [4.78, 5) is 20.4. The lowest BCUT2D eigenvalue weighted by Gasteiger charge is -2.36. The van der Waals surface area contributed by atoms with Gasteiger partial charge in [0.25, 0.3) is 0 Å². The third kappa shape index (κ3) is 3.01. The van der Waals surface area contributed by atoms with Crippen LogP contribution in [0.15, 0.2) is 12.3 Å². The normalized spacial score (nSPS) is 19.6. The number of nitrogens with zero attached hydrogens (tertiary/aromatic N) is 3. The highest BCUT2D eigenvalue weighted by atomic mass is 16.5. The highest BCUT2D eigenvalue weighted by Gasteiger charge is 2.23. The minimum Gasteiger partial charge on any atom is -0.465 e. The van der Waals surface area contributed by atoms with Gasteiger partial charge in [-0.25, -0.2) is 9.78 Å². The molecule has 110 valence electrons. The van der Waals surface area contributed by atoms with Crippen LogP contribution in [-0.2, 0) is 4.74 Å². The van der Waals surface area contributed by atoms with Crippen LogP contribution >= 0.6 is 0 Å². The summed E-state index contributed by atoms with van der Waals surface area (Å²) in [5.41, 5.74) is 6.49. The number of ether oxygens (including phenoxy) is 1. The average Bonchev–Trinajstić information content (AvgIpc) is 2.46. The van der Waals surface area contributed by atoms with Gasteiger partial charge in [0.15, 0.2) is 0 Å². The van der Waals surface area contributed by atoms with E-state index in [9.17, 15) is 4.79 Å². The molecule has 20 heavy (non-hydrogen) atoms. The lowest BCUT2D eigenvalue weighted by molar-refractivity contribution is 0.0602. The number of piperidine rings is 1. The van der Waals surface area contributed by atoms with Crippen molar-refractivity contribution >= 4 is 17.5 Å². The molecule has 1 aromatic rings. The Morgan fingerprint density at radius 3 is 3.00 bits per heavy atom. The first-order chi connectivity index (χ1) is 9.52. The number of methoxy groups -OCH3 is 1. The second-order valence-corrected chi connectivity index (χ2v) is 5.29. The maximum absolute atomic E-state index is 11.7. The SMILES string of the molecule is COC(=O)c1cc(N(C)C2CCCN(C)C2)ncc1N. The number of aromatic nitrogens is 1. The van der Waals surface area contributed by atoms with E-state index >= 15 is 0 Å². The van der Waals surface area contributed by atoms with Gasteiger partial charge in [0, 0.05) is 19.6 Å². The molecule has 0 aromatic carbocycles. The van der Waals surface area contributed by atoms with Crippen LogP contribution in [0.3, 0.4) is 0 Å². The second-order valence-electron chi connectivity index (χ2n) is 5.29. The summed E-state index contributed by atoms with van der Waals surface area (Å²) in [7, 11) is 5.47. The number of hydrogen-bond donors (Lipinski definition) is 1. The quantitative estimate of drug-likeness (QED) is 0.831. The number of pyridine rings is 1. The fourth-order valence-electron chi connectivity index (χ4n) is 2.58. The van der Waals surface area contributed by atoms with Gasteiger partial charge in [-0.05, 0) is 32.5 Å². The number of esters is 1. The van der Waals surface area contributed by atoms with Crippen LogP contribution in [0.2, 0.25) is 0 Å². The summed E-state index contributed by atoms with van der Waals surface area (Å²) in [6.07, 6.45) is 3.81. The largest absolute Gasteiger partial charge is 0.465 e. The topological polar surface area (TPSA) is 71.7 Å². The maximum Gasteiger partial charge on any atom is 0.340 e. The molecule has 6 heteroatoms. The first-order valence-electron chi connectivity index (χ1n) is 6.78. The molecule has 2 N–H and O–H groups in total. The molecule has 0 aliphatic carbocycles. The summed E-state index contributed by atoms with van der Waals surface area (Å²) in [5, 5.41) is 0. The molecule has 0 saturated carbocycles. The Bertz CT molecular complexity index is 492. The molecule has 1 aliphatic rings. The molecule has 1 atom stereocenters. The second kappa shape index (κ2) is 6.09. The number of nitrogen functional groups attached to an aromatic ring is 1. The molecule has 0 bridgehead atoms. The molecule has 2 heterocycles. The molecule has 1 saturated heterocycles. The van der Waals surface area contributed by atoms with Gasteiger partial charge in [0.05, 0.1) is 24.6 Å². The highest BCUT2D eigenvalue weighted by molar-refractivity contribution is 5.95. The van der Waals surface area contributed by atoms with Gasteiger partial charge in [-0.2, -0.15) is 0 Å². The summed E-state index contributed by atoms with van der Waals surface area (Å²) in [6.45, 7) is 2.13. The number of likely N-dealkylation sites (tertiary alicyclic amines) is 1. The smallest absolute Gasteiger partial charge is 0.340 e. The molecule has 0 amide bonds. The average molecular weight is 278 g/mol. The first-order valence-corrected chi connectivity index (χ1v) is 6.78. The predicted molar refractivity (Wildman–Crippen MR) is 78.9 cm³/mol. The van der Waals surface area contributed by atoms with Gasteiger partial charge in [0.2, 0.25) is 0 Å². The Balaban J connectivity index is 2.21. The van der Waals surface area contributed by atoms with E-state index in [-0.39, 0.29) is 0 Å². The van der Waals surface area contributed by atoms with Crippen molar-refractivity contribution in [2.24, 2.45) is 0 Å². The van der Waals surface area contributed by atoms with E-state index in [1.165, 1.54) is 19.7 Å². The monoisotopic (exact) mass is 278 g/mol. The van der Waals surface area contributed by atoms with Crippen LogP contribution in [0.25, 0.3) is 0 Å². The fourth-order valence-corrected chi connectivity index (χ4v) is 2.58.